The van der Waals surface area contributed by atoms with Gasteiger partial charge in [0.25, 0.3) is 33.5 Å². The van der Waals surface area contributed by atoms with E-state index in [0.717, 1.165) is 0 Å². The van der Waals surface area contributed by atoms with Crippen LogP contribution in [0.2, 0.25) is 0 Å². The summed E-state index contributed by atoms with van der Waals surface area (Å²) in [7, 11) is 0. The first-order chi connectivity index (χ1) is 5.95. The molecule has 0 aliphatic heterocycles. The van der Waals surface area contributed by atoms with Crippen LogP contribution in [-0.2, 0) is 0 Å². The van der Waals surface area contributed by atoms with Crippen LogP contribution in [0.25, 0.3) is 33.5 Å². The Hall–Kier alpha value is -1.98. The van der Waals surface area contributed by atoms with Crippen molar-refractivity contribution >= 4 is 33.5 Å². The molecule has 4 rings (SSSR count). The minimum absolute atomic E-state index is 0.498. The third-order valence-corrected chi connectivity index (χ3v) is 1.86. The van der Waals surface area contributed by atoms with E-state index >= 15 is 0 Å². The molecule has 0 N–H and O–H groups in total. The van der Waals surface area contributed by atoms with Crippen LogP contribution < -0.4 is 0 Å². The topological polar surface area (TPSA) is 78.8 Å². The van der Waals surface area contributed by atoms with E-state index in [-0.39, 0.29) is 0 Å². The molecule has 4 aromatic rings. The Morgan fingerprint density at radius 1 is 0.333 bits per heavy atom. The minimum atomic E-state index is 0.498. The molecule has 3 heterocycles. The van der Waals surface area contributed by atoms with E-state index in [9.17, 15) is 0 Å². The molecular formula is C6O6. The highest BCUT2D eigenvalue weighted by Gasteiger charge is 2.30. The van der Waals surface area contributed by atoms with Gasteiger partial charge in [-0.3, -0.25) is 27.5 Å². The maximum atomic E-state index is 4.67. The van der Waals surface area contributed by atoms with Gasteiger partial charge in [0.2, 0.25) is 0 Å². The maximum absolute atomic E-state index is 4.67. The lowest BCUT2D eigenvalue weighted by molar-refractivity contribution is 0.0169. The van der Waals surface area contributed by atoms with E-state index in [1.54, 1.807) is 0 Å². The molecular weight excluding hydrogens is 168 g/mol. The fourth-order valence-corrected chi connectivity index (χ4v) is 1.22. The van der Waals surface area contributed by atoms with E-state index in [1.807, 2.05) is 0 Å². The maximum Gasteiger partial charge on any atom is 0.281 e. The Labute approximate surface area is 62.0 Å². The predicted octanol–water partition coefficient (Wildman–Crippen LogP) is 2.70. The molecule has 0 unspecified atom stereocenters. The zero-order chi connectivity index (χ0) is 7.71. The van der Waals surface area contributed by atoms with E-state index in [2.05, 4.69) is 27.5 Å². The fourth-order valence-electron chi connectivity index (χ4n) is 1.22. The molecule has 6 heteroatoms. The number of rotatable bonds is 0. The second-order valence-corrected chi connectivity index (χ2v) is 2.47. The molecule has 60 valence electrons. The van der Waals surface area contributed by atoms with E-state index in [4.69, 9.17) is 0 Å². The van der Waals surface area contributed by atoms with Gasteiger partial charge in [-0.2, -0.15) is 0 Å². The summed E-state index contributed by atoms with van der Waals surface area (Å²) in [5, 5.41) is 0. The Morgan fingerprint density at radius 2 is 0.500 bits per heavy atom. The van der Waals surface area contributed by atoms with Crippen LogP contribution in [0, 0.1) is 0 Å². The fraction of sp³-hybridized carbons (Fsp3) is 0. The van der Waals surface area contributed by atoms with Crippen LogP contribution in [0.15, 0.2) is 27.5 Å². The van der Waals surface area contributed by atoms with Crippen LogP contribution >= 0.6 is 0 Å². The van der Waals surface area contributed by atoms with Gasteiger partial charge in [0.15, 0.2) is 0 Å². The van der Waals surface area contributed by atoms with Crippen LogP contribution in [-0.4, -0.2) is 0 Å². The molecule has 0 spiro atoms. The number of hydrogen-bond acceptors (Lipinski definition) is 6. The average molecular weight is 168 g/mol. The van der Waals surface area contributed by atoms with Gasteiger partial charge in [0.1, 0.15) is 0 Å². The summed E-state index contributed by atoms with van der Waals surface area (Å²) >= 11 is 0. The Bertz CT molecular complexity index is 480. The second kappa shape index (κ2) is 1.20. The normalized spacial score (nSPS) is 13.0. The third-order valence-electron chi connectivity index (χ3n) is 1.86. The van der Waals surface area contributed by atoms with Crippen LogP contribution in [0.5, 0.6) is 0 Å². The largest absolute Gasteiger partial charge is 0.281 e. The average Bonchev–Trinajstić information content (AvgIpc) is 1.96. The standard InChI is InChI=1S/C6O6/c7-1-2(8-7)4-6(12-11-4)5-3(1)9-10-5. The van der Waals surface area contributed by atoms with Crippen molar-refractivity contribution in [2.75, 3.05) is 0 Å². The van der Waals surface area contributed by atoms with Gasteiger partial charge in [0.05, 0.1) is 0 Å². The lowest BCUT2D eigenvalue weighted by atomic mass is 10.2. The van der Waals surface area contributed by atoms with Crippen LogP contribution in [0.4, 0.5) is 0 Å². The number of benzene rings is 1. The highest BCUT2D eigenvalue weighted by Crippen LogP contribution is 2.40. The SMILES string of the molecule is o1oc2c1c1ooc1c1ooc21. The van der Waals surface area contributed by atoms with Crippen LogP contribution in [0.1, 0.15) is 0 Å². The first-order valence-electron chi connectivity index (χ1n) is 3.22. The molecule has 12 heavy (non-hydrogen) atoms. The zero-order valence-corrected chi connectivity index (χ0v) is 5.45. The first kappa shape index (κ1) is 4.81. The van der Waals surface area contributed by atoms with Crippen molar-refractivity contribution in [1.82, 2.24) is 0 Å². The lowest BCUT2D eigenvalue weighted by Crippen LogP contribution is -1.88. The summed E-state index contributed by atoms with van der Waals surface area (Å²) in [5.74, 6) is 0. The van der Waals surface area contributed by atoms with Crippen molar-refractivity contribution in [3.63, 3.8) is 0 Å². The van der Waals surface area contributed by atoms with Gasteiger partial charge in [-0.25, -0.2) is 0 Å². The van der Waals surface area contributed by atoms with Gasteiger partial charge in [0, 0.05) is 0 Å². The number of hydrogen-bond donors (Lipinski definition) is 0. The molecule has 3 aromatic heterocycles. The van der Waals surface area contributed by atoms with E-state index in [1.165, 1.54) is 0 Å². The Balaban J connectivity index is 2.52. The molecule has 0 radical (unpaired) electrons. The van der Waals surface area contributed by atoms with Crippen molar-refractivity contribution in [2.24, 2.45) is 0 Å². The Kier molecular flexibility index (Phi) is 0.480. The molecule has 0 atom stereocenters. The van der Waals surface area contributed by atoms with Crippen molar-refractivity contribution in [3.8, 4) is 0 Å². The van der Waals surface area contributed by atoms with Crippen molar-refractivity contribution in [2.45, 2.75) is 0 Å². The van der Waals surface area contributed by atoms with Gasteiger partial charge < -0.3 is 0 Å². The summed E-state index contributed by atoms with van der Waals surface area (Å²) in [5.41, 5.74) is 2.99. The molecule has 0 aliphatic carbocycles. The van der Waals surface area contributed by atoms with Crippen LogP contribution in [0.3, 0.4) is 0 Å². The van der Waals surface area contributed by atoms with E-state index in [0.29, 0.717) is 33.5 Å². The summed E-state index contributed by atoms with van der Waals surface area (Å²) in [6.07, 6.45) is 0. The number of fused-ring (bicyclic) bond motifs is 6. The predicted molar refractivity (Wildman–Crippen MR) is 32.6 cm³/mol. The summed E-state index contributed by atoms with van der Waals surface area (Å²) < 4.78 is 28.0. The smallest absolute Gasteiger partial charge is 0.281 e. The molecule has 6 nitrogen and oxygen atoms in total. The monoisotopic (exact) mass is 168 g/mol. The lowest BCUT2D eigenvalue weighted by Gasteiger charge is -2.05. The second-order valence-electron chi connectivity index (χ2n) is 2.47. The van der Waals surface area contributed by atoms with Crippen molar-refractivity contribution < 1.29 is 27.5 Å². The van der Waals surface area contributed by atoms with E-state index < -0.39 is 0 Å². The quantitative estimate of drug-likeness (QED) is 0.375. The highest BCUT2D eigenvalue weighted by molar-refractivity contribution is 6.14. The zero-order valence-electron chi connectivity index (χ0n) is 5.45. The van der Waals surface area contributed by atoms with Gasteiger partial charge in [-0.1, -0.05) is 0 Å². The minimum Gasteiger partial charge on any atom is -0.281 e. The van der Waals surface area contributed by atoms with Gasteiger partial charge in [-0.15, -0.1) is 0 Å². The molecule has 0 bridgehead atoms. The molecule has 0 amide bonds. The first-order valence-corrected chi connectivity index (χ1v) is 3.22. The molecule has 1 aromatic carbocycles. The molecule has 0 fully saturated rings. The summed E-state index contributed by atoms with van der Waals surface area (Å²) in [4.78, 5) is 0. The summed E-state index contributed by atoms with van der Waals surface area (Å²) in [6, 6.07) is 0. The highest BCUT2D eigenvalue weighted by atomic mass is 17.0. The Morgan fingerprint density at radius 3 is 0.583 bits per heavy atom. The molecule has 0 aliphatic rings. The van der Waals surface area contributed by atoms with Crippen molar-refractivity contribution in [3.05, 3.63) is 0 Å². The van der Waals surface area contributed by atoms with Gasteiger partial charge in [-0.05, 0) is 0 Å². The van der Waals surface area contributed by atoms with Crippen molar-refractivity contribution in [1.29, 1.82) is 0 Å². The molecule has 0 saturated heterocycles. The summed E-state index contributed by atoms with van der Waals surface area (Å²) in [6.45, 7) is 0. The van der Waals surface area contributed by atoms with Gasteiger partial charge >= 0.3 is 0 Å². The molecule has 0 saturated carbocycles. The third kappa shape index (κ3) is 0.288.